The van der Waals surface area contributed by atoms with Crippen LogP contribution in [0.5, 0.6) is 0 Å². The van der Waals surface area contributed by atoms with Crippen LogP contribution >= 0.6 is 0 Å². The van der Waals surface area contributed by atoms with Crippen LogP contribution in [0.4, 0.5) is 0 Å². The van der Waals surface area contributed by atoms with E-state index in [0.29, 0.717) is 12.3 Å². The van der Waals surface area contributed by atoms with Gasteiger partial charge in [0.1, 0.15) is 11.8 Å². The number of carbonyl (C=O) groups excluding carboxylic acids is 1. The van der Waals surface area contributed by atoms with Crippen LogP contribution in [0.3, 0.4) is 0 Å². The van der Waals surface area contributed by atoms with Gasteiger partial charge in [-0.1, -0.05) is 12.8 Å². The molecule has 1 aliphatic carbocycles. The maximum absolute atomic E-state index is 10.8. The number of rotatable bonds is 4. The topological polar surface area (TPSA) is 99.2 Å². The molecule has 1 amide bonds. The minimum atomic E-state index is -0.631. The summed E-state index contributed by atoms with van der Waals surface area (Å²) in [4.78, 5) is 10.8. The van der Waals surface area contributed by atoms with Crippen molar-refractivity contribution in [2.45, 2.75) is 19.3 Å². The number of hydrogen-bond acceptors (Lipinski definition) is 3. The molecule has 12 heavy (non-hydrogen) atoms. The minimum absolute atomic E-state index is 0.181. The van der Waals surface area contributed by atoms with E-state index >= 15 is 0 Å². The molecular weight excluding hydrogens is 158 g/mol. The molecular formula is C7H12N3O2. The SMILES string of the molecule is N=C(NO)[C](CC1CC1)C(N)=O. The fourth-order valence-corrected chi connectivity index (χ4v) is 1.00. The summed E-state index contributed by atoms with van der Waals surface area (Å²) >= 11 is 0. The monoisotopic (exact) mass is 170 g/mol. The maximum Gasteiger partial charge on any atom is 0.232 e. The normalized spacial score (nSPS) is 16.2. The van der Waals surface area contributed by atoms with Crippen molar-refractivity contribution in [2.24, 2.45) is 11.7 Å². The average Bonchev–Trinajstić information content (AvgIpc) is 2.81. The second-order valence-corrected chi connectivity index (χ2v) is 2.98. The number of amides is 1. The molecule has 1 rings (SSSR count). The van der Waals surface area contributed by atoms with E-state index in [-0.39, 0.29) is 11.8 Å². The molecule has 0 aromatic heterocycles. The third-order valence-electron chi connectivity index (χ3n) is 1.90. The zero-order chi connectivity index (χ0) is 9.14. The van der Waals surface area contributed by atoms with Crippen molar-refractivity contribution in [1.82, 2.24) is 5.48 Å². The Labute approximate surface area is 70.4 Å². The van der Waals surface area contributed by atoms with Crippen LogP contribution in [0.2, 0.25) is 0 Å². The van der Waals surface area contributed by atoms with E-state index < -0.39 is 5.91 Å². The van der Waals surface area contributed by atoms with Gasteiger partial charge in [-0.2, -0.15) is 0 Å². The van der Waals surface area contributed by atoms with Gasteiger partial charge in [-0.3, -0.25) is 20.9 Å². The molecule has 0 atom stereocenters. The predicted molar refractivity (Wildman–Crippen MR) is 42.4 cm³/mol. The summed E-state index contributed by atoms with van der Waals surface area (Å²) in [5, 5.41) is 15.5. The molecule has 5 nitrogen and oxygen atoms in total. The van der Waals surface area contributed by atoms with Crippen molar-refractivity contribution in [3.05, 3.63) is 5.92 Å². The highest BCUT2D eigenvalue weighted by Crippen LogP contribution is 2.35. The molecule has 5 heteroatoms. The summed E-state index contributed by atoms with van der Waals surface area (Å²) in [7, 11) is 0. The molecule has 1 aliphatic rings. The first-order valence-corrected chi connectivity index (χ1v) is 3.79. The van der Waals surface area contributed by atoms with Crippen LogP contribution in [-0.4, -0.2) is 17.0 Å². The number of nitrogens with one attached hydrogen (secondary N) is 2. The van der Waals surface area contributed by atoms with Crippen molar-refractivity contribution in [2.75, 3.05) is 0 Å². The van der Waals surface area contributed by atoms with Crippen molar-refractivity contribution >= 4 is 11.7 Å². The zero-order valence-electron chi connectivity index (χ0n) is 6.63. The maximum atomic E-state index is 10.8. The van der Waals surface area contributed by atoms with Gasteiger partial charge in [-0.25, -0.2) is 0 Å². The van der Waals surface area contributed by atoms with Gasteiger partial charge in [0.2, 0.25) is 5.91 Å². The lowest BCUT2D eigenvalue weighted by atomic mass is 10.0. The van der Waals surface area contributed by atoms with E-state index in [1.807, 2.05) is 0 Å². The van der Waals surface area contributed by atoms with Crippen LogP contribution < -0.4 is 11.2 Å². The molecule has 0 aromatic carbocycles. The number of hydrogen-bond donors (Lipinski definition) is 4. The van der Waals surface area contributed by atoms with Gasteiger partial charge in [-0.15, -0.1) is 0 Å². The third kappa shape index (κ3) is 2.20. The summed E-state index contributed by atoms with van der Waals surface area (Å²) in [5.41, 5.74) is 6.65. The Morgan fingerprint density at radius 1 is 1.67 bits per heavy atom. The van der Waals surface area contributed by atoms with Crippen LogP contribution in [0.1, 0.15) is 19.3 Å². The Bertz CT molecular complexity index is 201. The van der Waals surface area contributed by atoms with Gasteiger partial charge in [0, 0.05) is 0 Å². The van der Waals surface area contributed by atoms with Crippen molar-refractivity contribution in [3.8, 4) is 0 Å². The second kappa shape index (κ2) is 3.53. The van der Waals surface area contributed by atoms with E-state index in [4.69, 9.17) is 16.4 Å². The molecule has 0 heterocycles. The molecule has 0 bridgehead atoms. The zero-order valence-corrected chi connectivity index (χ0v) is 6.63. The number of amidine groups is 1. The lowest BCUT2D eigenvalue weighted by molar-refractivity contribution is -0.115. The Balaban J connectivity index is 2.46. The number of nitrogens with two attached hydrogens (primary N) is 1. The summed E-state index contributed by atoms with van der Waals surface area (Å²) in [6, 6.07) is 0. The Morgan fingerprint density at radius 3 is 2.58 bits per heavy atom. The molecule has 5 N–H and O–H groups in total. The van der Waals surface area contributed by atoms with Gasteiger partial charge >= 0.3 is 0 Å². The highest BCUT2D eigenvalue weighted by atomic mass is 16.5. The van der Waals surface area contributed by atoms with Crippen LogP contribution in [0.25, 0.3) is 0 Å². The minimum Gasteiger partial charge on any atom is -0.369 e. The fourth-order valence-electron chi connectivity index (χ4n) is 1.00. The first-order valence-electron chi connectivity index (χ1n) is 3.79. The quantitative estimate of drug-likeness (QED) is 0.267. The average molecular weight is 170 g/mol. The molecule has 1 radical (unpaired) electrons. The van der Waals surface area contributed by atoms with Crippen molar-refractivity contribution < 1.29 is 10.0 Å². The van der Waals surface area contributed by atoms with Crippen LogP contribution in [-0.2, 0) is 4.79 Å². The number of carbonyl (C=O) groups is 1. The summed E-state index contributed by atoms with van der Waals surface area (Å²) in [6.45, 7) is 0. The molecule has 0 aliphatic heterocycles. The lowest BCUT2D eigenvalue weighted by Gasteiger charge is -2.11. The Hall–Kier alpha value is -1.10. The van der Waals surface area contributed by atoms with Gasteiger partial charge in [0.05, 0.1) is 0 Å². The summed E-state index contributed by atoms with van der Waals surface area (Å²) < 4.78 is 0. The third-order valence-corrected chi connectivity index (χ3v) is 1.90. The molecule has 0 spiro atoms. The Morgan fingerprint density at radius 2 is 2.25 bits per heavy atom. The van der Waals surface area contributed by atoms with Crippen molar-refractivity contribution in [3.63, 3.8) is 0 Å². The van der Waals surface area contributed by atoms with E-state index in [2.05, 4.69) is 0 Å². The highest BCUT2D eigenvalue weighted by molar-refractivity contribution is 6.14. The largest absolute Gasteiger partial charge is 0.369 e. The summed E-state index contributed by atoms with van der Waals surface area (Å²) in [6.07, 6.45) is 2.66. The fraction of sp³-hybridized carbons (Fsp3) is 0.571. The molecule has 1 fully saturated rings. The van der Waals surface area contributed by atoms with Crippen LogP contribution in [0.15, 0.2) is 0 Å². The smallest absolute Gasteiger partial charge is 0.232 e. The molecule has 0 saturated heterocycles. The second-order valence-electron chi connectivity index (χ2n) is 2.98. The van der Waals surface area contributed by atoms with Gasteiger partial charge in [-0.05, 0) is 12.3 Å². The standard InChI is InChI=1S/C7H12N3O2/c8-6(10-12)5(7(9)11)3-4-1-2-4/h4,12H,1-3H2,(H2,8,10)(H2,9,11). The summed E-state index contributed by atoms with van der Waals surface area (Å²) in [5.74, 6) is -0.260. The van der Waals surface area contributed by atoms with Crippen molar-refractivity contribution in [1.29, 1.82) is 5.41 Å². The van der Waals surface area contributed by atoms with E-state index in [9.17, 15) is 4.79 Å². The van der Waals surface area contributed by atoms with Gasteiger partial charge < -0.3 is 5.73 Å². The molecule has 0 unspecified atom stereocenters. The van der Waals surface area contributed by atoms with Crippen LogP contribution in [0, 0.1) is 17.2 Å². The predicted octanol–water partition coefficient (Wildman–Crippen LogP) is -0.198. The number of primary amides is 1. The van der Waals surface area contributed by atoms with Gasteiger partial charge in [0.15, 0.2) is 0 Å². The first-order chi connectivity index (χ1) is 5.65. The Kier molecular flexibility index (Phi) is 2.65. The first kappa shape index (κ1) is 8.99. The molecule has 0 aromatic rings. The lowest BCUT2D eigenvalue weighted by Crippen LogP contribution is -2.35. The molecule has 67 valence electrons. The van der Waals surface area contributed by atoms with E-state index in [1.165, 1.54) is 0 Å². The van der Waals surface area contributed by atoms with E-state index in [0.717, 1.165) is 12.8 Å². The van der Waals surface area contributed by atoms with Gasteiger partial charge in [0.25, 0.3) is 0 Å². The van der Waals surface area contributed by atoms with E-state index in [1.54, 1.807) is 5.48 Å². The number of hydroxylamine groups is 1. The molecule has 1 saturated carbocycles. The highest BCUT2D eigenvalue weighted by Gasteiger charge is 2.31.